The van der Waals surface area contributed by atoms with E-state index >= 15 is 0 Å². The average Bonchev–Trinajstić information content (AvgIpc) is 2.24. The number of nitrogens with one attached hydrogen (secondary N) is 1. The first-order valence-electron chi connectivity index (χ1n) is 4.84. The maximum absolute atomic E-state index is 8.47. The van der Waals surface area contributed by atoms with Crippen LogP contribution in [0.25, 0.3) is 0 Å². The van der Waals surface area contributed by atoms with Gasteiger partial charge in [-0.15, -0.1) is 0 Å². The second-order valence-electron chi connectivity index (χ2n) is 2.00. The smallest absolute Gasteiger partial charge is 0.121 e. The van der Waals surface area contributed by atoms with Crippen LogP contribution < -0.4 is 0 Å². The highest BCUT2D eigenvalue weighted by Gasteiger charge is 1.90. The number of hydrogen-bond donors (Lipinski definition) is 1. The maximum atomic E-state index is 8.47. The number of aromatic nitrogens is 1. The third-order valence-electron chi connectivity index (χ3n) is 1.18. The summed E-state index contributed by atoms with van der Waals surface area (Å²) in [4.78, 5) is 2.88. The topological polar surface area (TPSA) is 39.6 Å². The third-order valence-corrected chi connectivity index (χ3v) is 1.50. The Labute approximate surface area is 91.6 Å². The van der Waals surface area contributed by atoms with Crippen LogP contribution in [0.15, 0.2) is 12.1 Å². The average molecular weight is 210 g/mol. The van der Waals surface area contributed by atoms with Crippen molar-refractivity contribution in [2.24, 2.45) is 0 Å². The molecule has 2 nitrogen and oxygen atoms in total. The molecule has 0 unspecified atom stereocenters. The fraction of sp³-hybridized carbons (Fsp3) is 0.455. The highest BCUT2D eigenvalue weighted by molar-refractivity contribution is 7.71. The second-order valence-corrected chi connectivity index (χ2v) is 2.40. The largest absolute Gasteiger partial charge is 0.349 e. The van der Waals surface area contributed by atoms with E-state index in [9.17, 15) is 0 Å². The second kappa shape index (κ2) is 9.94. The van der Waals surface area contributed by atoms with Crippen molar-refractivity contribution in [3.05, 3.63) is 28.0 Å². The van der Waals surface area contributed by atoms with Crippen LogP contribution in [-0.2, 0) is 0 Å². The van der Waals surface area contributed by atoms with Gasteiger partial charge in [-0.25, -0.2) is 0 Å². The minimum atomic E-state index is 0.516. The fourth-order valence-corrected chi connectivity index (χ4v) is 0.935. The molecule has 0 bridgehead atoms. The van der Waals surface area contributed by atoms with Gasteiger partial charge in [0.25, 0.3) is 0 Å². The highest BCUT2D eigenvalue weighted by Crippen LogP contribution is 1.99. The SMILES string of the molecule is CC.CC.Cc1ccc(C#N)c(=S)[nH]1. The lowest BCUT2D eigenvalue weighted by molar-refractivity contribution is 1.17. The molecular weight excluding hydrogens is 192 g/mol. The van der Waals surface area contributed by atoms with Crippen molar-refractivity contribution >= 4 is 12.2 Å². The van der Waals surface area contributed by atoms with Gasteiger partial charge in [-0.05, 0) is 19.1 Å². The molecular formula is C11H18N2S. The van der Waals surface area contributed by atoms with Gasteiger partial charge in [-0.2, -0.15) is 5.26 Å². The first kappa shape index (κ1) is 15.3. The predicted molar refractivity (Wildman–Crippen MR) is 63.8 cm³/mol. The number of rotatable bonds is 0. The highest BCUT2D eigenvalue weighted by atomic mass is 32.1. The van der Waals surface area contributed by atoms with E-state index in [2.05, 4.69) is 4.98 Å². The van der Waals surface area contributed by atoms with Crippen LogP contribution in [0, 0.1) is 22.9 Å². The monoisotopic (exact) mass is 210 g/mol. The molecule has 0 aliphatic carbocycles. The molecule has 1 heterocycles. The van der Waals surface area contributed by atoms with E-state index in [1.54, 1.807) is 6.07 Å². The fourth-order valence-electron chi connectivity index (χ4n) is 0.660. The molecule has 3 heteroatoms. The van der Waals surface area contributed by atoms with Crippen molar-refractivity contribution in [1.29, 1.82) is 5.26 Å². The van der Waals surface area contributed by atoms with Crippen LogP contribution in [-0.4, -0.2) is 4.98 Å². The Morgan fingerprint density at radius 2 is 1.71 bits per heavy atom. The molecule has 0 saturated carbocycles. The number of nitrogens with zero attached hydrogens (tertiary/aromatic N) is 1. The van der Waals surface area contributed by atoms with Crippen LogP contribution >= 0.6 is 12.2 Å². The van der Waals surface area contributed by atoms with Crippen molar-refractivity contribution in [2.45, 2.75) is 34.6 Å². The predicted octanol–water partition coefficient (Wildman–Crippen LogP) is 3.98. The molecule has 0 saturated heterocycles. The molecule has 0 amide bonds. The molecule has 1 aromatic rings. The van der Waals surface area contributed by atoms with Gasteiger partial charge in [0.15, 0.2) is 0 Å². The van der Waals surface area contributed by atoms with Gasteiger partial charge >= 0.3 is 0 Å². The number of aromatic amines is 1. The molecule has 1 rings (SSSR count). The minimum Gasteiger partial charge on any atom is -0.349 e. The molecule has 0 radical (unpaired) electrons. The van der Waals surface area contributed by atoms with Crippen LogP contribution in [0.4, 0.5) is 0 Å². The number of aryl methyl sites for hydroxylation is 1. The number of H-pyrrole nitrogens is 1. The summed E-state index contributed by atoms with van der Waals surface area (Å²) < 4.78 is 0.516. The van der Waals surface area contributed by atoms with Crippen LogP contribution in [0.1, 0.15) is 39.0 Å². The van der Waals surface area contributed by atoms with Gasteiger partial charge in [-0.3, -0.25) is 0 Å². The summed E-state index contributed by atoms with van der Waals surface area (Å²) >= 11 is 4.86. The summed E-state index contributed by atoms with van der Waals surface area (Å²) in [6.07, 6.45) is 0. The number of nitriles is 1. The molecule has 1 N–H and O–H groups in total. The molecule has 0 aromatic carbocycles. The first-order valence-corrected chi connectivity index (χ1v) is 5.25. The van der Waals surface area contributed by atoms with Gasteiger partial charge in [0.2, 0.25) is 0 Å². The van der Waals surface area contributed by atoms with E-state index in [-0.39, 0.29) is 0 Å². The van der Waals surface area contributed by atoms with E-state index in [1.165, 1.54) is 0 Å². The zero-order valence-corrected chi connectivity index (χ0v) is 10.3. The van der Waals surface area contributed by atoms with Gasteiger partial charge < -0.3 is 4.98 Å². The lowest BCUT2D eigenvalue weighted by Gasteiger charge is -1.91. The van der Waals surface area contributed by atoms with E-state index in [0.717, 1.165) is 5.69 Å². The lowest BCUT2D eigenvalue weighted by atomic mass is 10.3. The molecule has 0 fully saturated rings. The minimum absolute atomic E-state index is 0.516. The Morgan fingerprint density at radius 1 is 1.21 bits per heavy atom. The Balaban J connectivity index is 0. The molecule has 0 aliphatic heterocycles. The zero-order chi connectivity index (χ0) is 11.6. The maximum Gasteiger partial charge on any atom is 0.121 e. The quantitative estimate of drug-likeness (QED) is 0.658. The van der Waals surface area contributed by atoms with E-state index < -0.39 is 0 Å². The summed E-state index contributed by atoms with van der Waals surface area (Å²) in [5.74, 6) is 0. The van der Waals surface area contributed by atoms with Crippen molar-refractivity contribution in [2.75, 3.05) is 0 Å². The summed E-state index contributed by atoms with van der Waals surface area (Å²) in [5, 5.41) is 8.47. The molecule has 0 spiro atoms. The molecule has 1 aromatic heterocycles. The Bertz CT molecular complexity index is 334. The van der Waals surface area contributed by atoms with Gasteiger partial charge in [-0.1, -0.05) is 39.9 Å². The van der Waals surface area contributed by atoms with Crippen LogP contribution in [0.5, 0.6) is 0 Å². The van der Waals surface area contributed by atoms with Crippen molar-refractivity contribution in [3.63, 3.8) is 0 Å². The van der Waals surface area contributed by atoms with Gasteiger partial charge in [0.05, 0.1) is 5.56 Å². The standard InChI is InChI=1S/C7H6N2S.2C2H6/c1-5-2-3-6(4-8)7(10)9-5;2*1-2/h2-3H,1H3,(H,9,10);2*1-2H3. The van der Waals surface area contributed by atoms with Crippen LogP contribution in [0.2, 0.25) is 0 Å². The van der Waals surface area contributed by atoms with E-state index in [4.69, 9.17) is 17.5 Å². The van der Waals surface area contributed by atoms with Crippen molar-refractivity contribution in [1.82, 2.24) is 4.98 Å². The molecule has 78 valence electrons. The molecule has 0 aliphatic rings. The van der Waals surface area contributed by atoms with E-state index in [1.807, 2.05) is 46.8 Å². The van der Waals surface area contributed by atoms with Crippen molar-refractivity contribution in [3.8, 4) is 6.07 Å². The number of hydrogen-bond acceptors (Lipinski definition) is 2. The Morgan fingerprint density at radius 3 is 2.07 bits per heavy atom. The number of pyridine rings is 1. The summed E-state index contributed by atoms with van der Waals surface area (Å²) in [6, 6.07) is 5.53. The third kappa shape index (κ3) is 5.50. The van der Waals surface area contributed by atoms with Crippen LogP contribution in [0.3, 0.4) is 0 Å². The lowest BCUT2D eigenvalue weighted by Crippen LogP contribution is -1.83. The zero-order valence-electron chi connectivity index (χ0n) is 9.51. The Hall–Kier alpha value is -1.14. The summed E-state index contributed by atoms with van der Waals surface area (Å²) in [5.41, 5.74) is 1.50. The summed E-state index contributed by atoms with van der Waals surface area (Å²) in [7, 11) is 0. The van der Waals surface area contributed by atoms with Crippen molar-refractivity contribution < 1.29 is 0 Å². The molecule has 0 atom stereocenters. The van der Waals surface area contributed by atoms with Gasteiger partial charge in [0.1, 0.15) is 10.7 Å². The normalized spacial score (nSPS) is 7.14. The summed E-state index contributed by atoms with van der Waals surface area (Å²) in [6.45, 7) is 9.90. The Kier molecular flexibility index (Phi) is 10.9. The first-order chi connectivity index (χ1) is 6.74. The molecule has 14 heavy (non-hydrogen) atoms. The van der Waals surface area contributed by atoms with E-state index in [0.29, 0.717) is 10.2 Å². The van der Waals surface area contributed by atoms with Gasteiger partial charge in [0, 0.05) is 5.69 Å².